The molecule has 0 bridgehead atoms. The summed E-state index contributed by atoms with van der Waals surface area (Å²) < 4.78 is 5.54. The molecule has 2 atom stereocenters. The molecule has 2 N–H and O–H groups in total. The van der Waals surface area contributed by atoms with Gasteiger partial charge in [0.2, 0.25) is 0 Å². The second kappa shape index (κ2) is 6.83. The van der Waals surface area contributed by atoms with E-state index >= 15 is 0 Å². The Kier molecular flexibility index (Phi) is 6.02. The molecule has 0 aliphatic carbocycles. The molecule has 0 amide bonds. The zero-order valence-corrected chi connectivity index (χ0v) is 13.1. The van der Waals surface area contributed by atoms with Crippen molar-refractivity contribution >= 4 is 17.2 Å². The molecule has 18 heavy (non-hydrogen) atoms. The highest BCUT2D eigenvalue weighted by atomic mass is 32.1. The van der Waals surface area contributed by atoms with E-state index in [0.717, 1.165) is 25.9 Å². The first-order chi connectivity index (χ1) is 8.36. The van der Waals surface area contributed by atoms with Crippen LogP contribution in [0, 0.1) is 11.3 Å². The maximum atomic E-state index is 5.75. The van der Waals surface area contributed by atoms with E-state index in [1.165, 1.54) is 13.0 Å². The molecule has 1 aliphatic heterocycles. The second-order valence-electron chi connectivity index (χ2n) is 6.19. The lowest BCUT2D eigenvalue weighted by Gasteiger charge is -2.36. The average Bonchev–Trinajstić information content (AvgIpc) is 2.31. The molecule has 3 nitrogen and oxygen atoms in total. The standard InChI is InChI=1S/C14H28N2OS/c1-11-6-9-16(10-12(11)17-4)8-5-7-14(2,3)13(15)18/h11-12H,5-10H2,1-4H3,(H2,15,18). The zero-order valence-electron chi connectivity index (χ0n) is 12.2. The van der Waals surface area contributed by atoms with Gasteiger partial charge in [-0.25, -0.2) is 0 Å². The molecule has 1 rings (SSSR count). The SMILES string of the molecule is COC1CN(CCCC(C)(C)C(N)=S)CCC1C. The van der Waals surface area contributed by atoms with Gasteiger partial charge in [0.15, 0.2) is 0 Å². The number of piperidine rings is 1. The van der Waals surface area contributed by atoms with Crippen LogP contribution in [-0.4, -0.2) is 42.7 Å². The van der Waals surface area contributed by atoms with Crippen LogP contribution < -0.4 is 5.73 Å². The summed E-state index contributed by atoms with van der Waals surface area (Å²) >= 11 is 5.10. The van der Waals surface area contributed by atoms with E-state index in [2.05, 4.69) is 25.7 Å². The van der Waals surface area contributed by atoms with Gasteiger partial charge in [-0.05, 0) is 38.3 Å². The summed E-state index contributed by atoms with van der Waals surface area (Å²) in [4.78, 5) is 3.13. The maximum absolute atomic E-state index is 5.75. The molecule has 4 heteroatoms. The molecule has 1 fully saturated rings. The number of thiocarbonyl (C=S) groups is 1. The molecule has 0 aromatic heterocycles. The van der Waals surface area contributed by atoms with Crippen molar-refractivity contribution in [2.45, 2.75) is 46.1 Å². The monoisotopic (exact) mass is 272 g/mol. The molecule has 0 saturated carbocycles. The van der Waals surface area contributed by atoms with E-state index in [-0.39, 0.29) is 5.41 Å². The number of methoxy groups -OCH3 is 1. The van der Waals surface area contributed by atoms with Crippen LogP contribution in [0.1, 0.15) is 40.0 Å². The van der Waals surface area contributed by atoms with Crippen molar-refractivity contribution in [3.05, 3.63) is 0 Å². The molecular formula is C14H28N2OS. The summed E-state index contributed by atoms with van der Waals surface area (Å²) in [7, 11) is 1.82. The van der Waals surface area contributed by atoms with Gasteiger partial charge in [0.05, 0.1) is 11.1 Å². The Balaban J connectivity index is 2.30. The molecule has 1 heterocycles. The number of nitrogens with two attached hydrogens (primary N) is 1. The Morgan fingerprint density at radius 3 is 2.72 bits per heavy atom. The first-order valence-electron chi connectivity index (χ1n) is 6.92. The summed E-state index contributed by atoms with van der Waals surface area (Å²) in [5, 5.41) is 0. The van der Waals surface area contributed by atoms with Crippen LogP contribution in [-0.2, 0) is 4.74 Å². The number of nitrogens with zero attached hydrogens (tertiary/aromatic N) is 1. The van der Waals surface area contributed by atoms with Gasteiger partial charge in [-0.3, -0.25) is 0 Å². The Morgan fingerprint density at radius 1 is 1.50 bits per heavy atom. The Labute approximate surface area is 117 Å². The Hall–Kier alpha value is -0.190. The highest BCUT2D eigenvalue weighted by molar-refractivity contribution is 7.80. The summed E-state index contributed by atoms with van der Waals surface area (Å²) in [5.41, 5.74) is 5.73. The molecule has 1 aliphatic rings. The Bertz CT molecular complexity index is 281. The molecule has 0 spiro atoms. The van der Waals surface area contributed by atoms with Crippen LogP contribution in [0.3, 0.4) is 0 Å². The van der Waals surface area contributed by atoms with E-state index in [1.54, 1.807) is 0 Å². The third-order valence-electron chi connectivity index (χ3n) is 4.22. The average molecular weight is 272 g/mol. The van der Waals surface area contributed by atoms with Crippen molar-refractivity contribution in [3.8, 4) is 0 Å². The minimum atomic E-state index is -0.0148. The quantitative estimate of drug-likeness (QED) is 0.754. The highest BCUT2D eigenvalue weighted by Gasteiger charge is 2.26. The zero-order chi connectivity index (χ0) is 13.8. The van der Waals surface area contributed by atoms with Crippen molar-refractivity contribution in [3.63, 3.8) is 0 Å². The van der Waals surface area contributed by atoms with E-state index in [1.807, 2.05) is 7.11 Å². The summed E-state index contributed by atoms with van der Waals surface area (Å²) in [6, 6.07) is 0. The predicted molar refractivity (Wildman–Crippen MR) is 80.8 cm³/mol. The summed E-state index contributed by atoms with van der Waals surface area (Å²) in [5.74, 6) is 0.680. The van der Waals surface area contributed by atoms with E-state index in [0.29, 0.717) is 17.0 Å². The topological polar surface area (TPSA) is 38.5 Å². The summed E-state index contributed by atoms with van der Waals surface area (Å²) in [6.45, 7) is 9.91. The van der Waals surface area contributed by atoms with Crippen LogP contribution in [0.4, 0.5) is 0 Å². The van der Waals surface area contributed by atoms with Gasteiger partial charge in [-0.2, -0.15) is 0 Å². The van der Waals surface area contributed by atoms with Gasteiger partial charge < -0.3 is 15.4 Å². The van der Waals surface area contributed by atoms with E-state index < -0.39 is 0 Å². The van der Waals surface area contributed by atoms with Gasteiger partial charge in [0.1, 0.15) is 0 Å². The second-order valence-corrected chi connectivity index (χ2v) is 6.63. The number of hydrogen-bond acceptors (Lipinski definition) is 3. The fraction of sp³-hybridized carbons (Fsp3) is 0.929. The fourth-order valence-electron chi connectivity index (χ4n) is 2.48. The number of hydrogen-bond donors (Lipinski definition) is 1. The van der Waals surface area contributed by atoms with Crippen molar-refractivity contribution in [2.75, 3.05) is 26.7 Å². The lowest BCUT2D eigenvalue weighted by molar-refractivity contribution is -0.00558. The molecular weight excluding hydrogens is 244 g/mol. The van der Waals surface area contributed by atoms with E-state index in [9.17, 15) is 0 Å². The largest absolute Gasteiger partial charge is 0.393 e. The minimum absolute atomic E-state index is 0.0148. The molecule has 0 aromatic rings. The van der Waals surface area contributed by atoms with Gasteiger partial charge in [-0.15, -0.1) is 0 Å². The van der Waals surface area contributed by atoms with E-state index in [4.69, 9.17) is 22.7 Å². The number of rotatable bonds is 6. The molecule has 0 aromatic carbocycles. The summed E-state index contributed by atoms with van der Waals surface area (Å²) in [6.07, 6.45) is 3.83. The number of likely N-dealkylation sites (tertiary alicyclic amines) is 1. The van der Waals surface area contributed by atoms with Crippen molar-refractivity contribution in [2.24, 2.45) is 17.1 Å². The number of ether oxygens (including phenoxy) is 1. The van der Waals surface area contributed by atoms with Crippen molar-refractivity contribution in [1.82, 2.24) is 4.90 Å². The van der Waals surface area contributed by atoms with Crippen molar-refractivity contribution < 1.29 is 4.74 Å². The highest BCUT2D eigenvalue weighted by Crippen LogP contribution is 2.24. The molecule has 106 valence electrons. The van der Waals surface area contributed by atoms with Gasteiger partial charge >= 0.3 is 0 Å². The van der Waals surface area contributed by atoms with Crippen molar-refractivity contribution in [1.29, 1.82) is 0 Å². The molecule has 1 saturated heterocycles. The minimum Gasteiger partial charge on any atom is -0.393 e. The first-order valence-corrected chi connectivity index (χ1v) is 7.32. The van der Waals surface area contributed by atoms with Gasteiger partial charge in [-0.1, -0.05) is 33.0 Å². The maximum Gasteiger partial charge on any atom is 0.0784 e. The third kappa shape index (κ3) is 4.48. The smallest absolute Gasteiger partial charge is 0.0784 e. The molecule has 0 radical (unpaired) electrons. The molecule has 2 unspecified atom stereocenters. The normalized spacial score (nSPS) is 26.2. The van der Waals surface area contributed by atoms with Gasteiger partial charge in [0.25, 0.3) is 0 Å². The van der Waals surface area contributed by atoms with Crippen LogP contribution in [0.2, 0.25) is 0 Å². The Morgan fingerprint density at radius 2 is 2.17 bits per heavy atom. The van der Waals surface area contributed by atoms with Crippen LogP contribution in [0.15, 0.2) is 0 Å². The third-order valence-corrected chi connectivity index (χ3v) is 4.77. The lowest BCUT2D eigenvalue weighted by atomic mass is 9.87. The lowest BCUT2D eigenvalue weighted by Crippen LogP contribution is -2.44. The first kappa shape index (κ1) is 15.9. The van der Waals surface area contributed by atoms with Crippen LogP contribution in [0.5, 0.6) is 0 Å². The van der Waals surface area contributed by atoms with Crippen LogP contribution in [0.25, 0.3) is 0 Å². The van der Waals surface area contributed by atoms with Gasteiger partial charge in [0, 0.05) is 19.1 Å². The fourth-order valence-corrected chi connectivity index (χ4v) is 2.58. The van der Waals surface area contributed by atoms with Crippen LogP contribution >= 0.6 is 12.2 Å². The predicted octanol–water partition coefficient (Wildman–Crippen LogP) is 2.44.